The Balaban J connectivity index is 0.00000132. The molecule has 1 fully saturated rings. The van der Waals surface area contributed by atoms with Gasteiger partial charge in [-0.1, -0.05) is 0 Å². The normalized spacial score (nSPS) is 17.3. The van der Waals surface area contributed by atoms with E-state index in [2.05, 4.69) is 4.98 Å². The molecule has 1 atom stereocenters. The van der Waals surface area contributed by atoms with Gasteiger partial charge in [-0.25, -0.2) is 4.98 Å². The van der Waals surface area contributed by atoms with E-state index in [1.807, 2.05) is 29.3 Å². The van der Waals surface area contributed by atoms with Crippen molar-refractivity contribution in [3.8, 4) is 10.8 Å². The monoisotopic (exact) mass is 377 g/mol. The molecule has 2 N–H and O–H groups in total. The molecule has 1 aliphatic rings. The molecule has 8 heteroatoms. The van der Waals surface area contributed by atoms with E-state index in [4.69, 9.17) is 10.2 Å². The minimum Gasteiger partial charge on any atom is -0.459 e. The van der Waals surface area contributed by atoms with Crippen LogP contribution in [0.25, 0.3) is 10.8 Å². The predicted molar refractivity (Wildman–Crippen MR) is 96.5 cm³/mol. The Kier molecular flexibility index (Phi) is 7.54. The molecule has 0 spiro atoms. The van der Waals surface area contributed by atoms with Crippen LogP contribution < -0.4 is 5.73 Å². The van der Waals surface area contributed by atoms with E-state index in [9.17, 15) is 4.79 Å². The molecule has 3 heterocycles. The topological polar surface area (TPSA) is 72.4 Å². The third-order valence-corrected chi connectivity index (χ3v) is 4.55. The van der Waals surface area contributed by atoms with Gasteiger partial charge < -0.3 is 15.1 Å². The Morgan fingerprint density at radius 2 is 2.26 bits per heavy atom. The number of halogens is 2. The molecule has 2 aromatic heterocycles. The van der Waals surface area contributed by atoms with Crippen molar-refractivity contribution < 1.29 is 9.21 Å². The summed E-state index contributed by atoms with van der Waals surface area (Å²) in [6, 6.07) is 3.93. The molecule has 1 aliphatic heterocycles. The second-order valence-corrected chi connectivity index (χ2v) is 6.33. The number of aromatic nitrogens is 1. The maximum absolute atomic E-state index is 12.3. The molecule has 0 bridgehead atoms. The van der Waals surface area contributed by atoms with Crippen molar-refractivity contribution in [2.24, 2.45) is 5.73 Å². The number of hydrogen-bond donors (Lipinski definition) is 1. The molecule has 5 nitrogen and oxygen atoms in total. The molecule has 1 unspecified atom stereocenters. The molecule has 0 radical (unpaired) electrons. The molecule has 2 aromatic rings. The van der Waals surface area contributed by atoms with Crippen LogP contribution in [-0.2, 0) is 11.2 Å². The largest absolute Gasteiger partial charge is 0.459 e. The molecular formula is C15H21Cl2N3O2S. The lowest BCUT2D eigenvalue weighted by atomic mass is 10.1. The van der Waals surface area contributed by atoms with Crippen LogP contribution in [0.2, 0.25) is 0 Å². The van der Waals surface area contributed by atoms with Crippen LogP contribution in [0.3, 0.4) is 0 Å². The Hall–Kier alpha value is -1.08. The summed E-state index contributed by atoms with van der Waals surface area (Å²) in [6.45, 7) is 3.37. The average Bonchev–Trinajstić information content (AvgIpc) is 3.07. The molecule has 0 aliphatic carbocycles. The van der Waals surface area contributed by atoms with Gasteiger partial charge in [0.25, 0.3) is 0 Å². The molecule has 1 amide bonds. The van der Waals surface area contributed by atoms with Gasteiger partial charge in [-0.2, -0.15) is 0 Å². The Labute approximate surface area is 152 Å². The Morgan fingerprint density at radius 3 is 2.91 bits per heavy atom. The molecule has 23 heavy (non-hydrogen) atoms. The van der Waals surface area contributed by atoms with E-state index < -0.39 is 0 Å². The number of furan rings is 1. The second kappa shape index (κ2) is 8.68. The van der Waals surface area contributed by atoms with Crippen LogP contribution in [0, 0.1) is 6.92 Å². The first-order chi connectivity index (χ1) is 10.1. The van der Waals surface area contributed by atoms with Gasteiger partial charge in [-0.3, -0.25) is 4.79 Å². The van der Waals surface area contributed by atoms with E-state index >= 15 is 0 Å². The van der Waals surface area contributed by atoms with Crippen molar-refractivity contribution in [3.05, 3.63) is 29.0 Å². The standard InChI is InChI=1S/C15H19N3O2S.2ClH/c1-10-4-5-13(20-10)15-17-12(9-21-15)7-14(19)18-6-2-3-11(16)8-18;;/h4-5,9,11H,2-3,6-8,16H2,1H3;2*1H. The number of carbonyl (C=O) groups is 1. The first-order valence-electron chi connectivity index (χ1n) is 7.16. The lowest BCUT2D eigenvalue weighted by Gasteiger charge is -2.30. The lowest BCUT2D eigenvalue weighted by Crippen LogP contribution is -2.46. The number of rotatable bonds is 3. The number of nitrogens with zero attached hydrogens (tertiary/aromatic N) is 2. The van der Waals surface area contributed by atoms with Crippen LogP contribution in [0.5, 0.6) is 0 Å². The third kappa shape index (κ3) is 4.94. The maximum atomic E-state index is 12.3. The Morgan fingerprint density at radius 1 is 1.48 bits per heavy atom. The summed E-state index contributed by atoms with van der Waals surface area (Å²) in [5, 5.41) is 2.75. The van der Waals surface area contributed by atoms with Gasteiger partial charge in [0.2, 0.25) is 5.91 Å². The average molecular weight is 378 g/mol. The van der Waals surface area contributed by atoms with Gasteiger partial charge in [0.05, 0.1) is 12.1 Å². The smallest absolute Gasteiger partial charge is 0.228 e. The van der Waals surface area contributed by atoms with Gasteiger partial charge in [0, 0.05) is 24.5 Å². The highest BCUT2D eigenvalue weighted by atomic mass is 35.5. The van der Waals surface area contributed by atoms with Crippen molar-refractivity contribution in [2.75, 3.05) is 13.1 Å². The molecule has 0 saturated carbocycles. The zero-order valence-electron chi connectivity index (χ0n) is 12.9. The van der Waals surface area contributed by atoms with Crippen LogP contribution in [-0.4, -0.2) is 34.9 Å². The predicted octanol–water partition coefficient (Wildman–Crippen LogP) is 3.05. The summed E-state index contributed by atoms with van der Waals surface area (Å²) in [6.07, 6.45) is 2.33. The van der Waals surface area contributed by atoms with Crippen molar-refractivity contribution >= 4 is 42.1 Å². The number of piperidine rings is 1. The molecule has 3 rings (SSSR count). The summed E-state index contributed by atoms with van der Waals surface area (Å²) < 4.78 is 5.55. The summed E-state index contributed by atoms with van der Waals surface area (Å²) in [4.78, 5) is 18.6. The summed E-state index contributed by atoms with van der Waals surface area (Å²) >= 11 is 1.50. The van der Waals surface area contributed by atoms with E-state index in [0.717, 1.165) is 41.6 Å². The van der Waals surface area contributed by atoms with Gasteiger partial charge in [0.15, 0.2) is 10.8 Å². The maximum Gasteiger partial charge on any atom is 0.228 e. The number of nitrogens with two attached hydrogens (primary N) is 1. The molecule has 0 aromatic carbocycles. The third-order valence-electron chi connectivity index (χ3n) is 3.65. The van der Waals surface area contributed by atoms with Gasteiger partial charge in [-0.15, -0.1) is 36.2 Å². The van der Waals surface area contributed by atoms with Crippen molar-refractivity contribution in [2.45, 2.75) is 32.2 Å². The van der Waals surface area contributed by atoms with Crippen molar-refractivity contribution in [1.29, 1.82) is 0 Å². The Bertz CT molecular complexity index is 644. The number of carbonyl (C=O) groups excluding carboxylic acids is 1. The van der Waals surface area contributed by atoms with Crippen LogP contribution >= 0.6 is 36.2 Å². The lowest BCUT2D eigenvalue weighted by molar-refractivity contribution is -0.131. The number of amides is 1. The quantitative estimate of drug-likeness (QED) is 0.891. The number of hydrogen-bond acceptors (Lipinski definition) is 5. The van der Waals surface area contributed by atoms with Crippen molar-refractivity contribution in [3.63, 3.8) is 0 Å². The van der Waals surface area contributed by atoms with Gasteiger partial charge in [0.1, 0.15) is 5.76 Å². The van der Waals surface area contributed by atoms with Gasteiger partial charge >= 0.3 is 0 Å². The summed E-state index contributed by atoms with van der Waals surface area (Å²) in [7, 11) is 0. The highest BCUT2D eigenvalue weighted by molar-refractivity contribution is 7.13. The fourth-order valence-corrected chi connectivity index (χ4v) is 3.33. The fraction of sp³-hybridized carbons (Fsp3) is 0.467. The molecular weight excluding hydrogens is 357 g/mol. The van der Waals surface area contributed by atoms with Crippen LogP contribution in [0.1, 0.15) is 24.3 Å². The number of likely N-dealkylation sites (tertiary alicyclic amines) is 1. The molecule has 1 saturated heterocycles. The van der Waals surface area contributed by atoms with Crippen LogP contribution in [0.15, 0.2) is 21.9 Å². The highest BCUT2D eigenvalue weighted by Crippen LogP contribution is 2.26. The highest BCUT2D eigenvalue weighted by Gasteiger charge is 2.22. The minimum atomic E-state index is 0. The van der Waals surface area contributed by atoms with E-state index in [0.29, 0.717) is 13.0 Å². The number of thiazole rings is 1. The minimum absolute atomic E-state index is 0. The number of aryl methyl sites for hydroxylation is 1. The van der Waals surface area contributed by atoms with E-state index in [1.165, 1.54) is 11.3 Å². The van der Waals surface area contributed by atoms with Crippen molar-refractivity contribution in [1.82, 2.24) is 9.88 Å². The second-order valence-electron chi connectivity index (χ2n) is 5.47. The van der Waals surface area contributed by atoms with Gasteiger partial charge in [-0.05, 0) is 31.9 Å². The summed E-state index contributed by atoms with van der Waals surface area (Å²) in [5.41, 5.74) is 6.72. The SMILES string of the molecule is Cc1ccc(-c2nc(CC(=O)N3CCCC(N)C3)cs2)o1.Cl.Cl. The van der Waals surface area contributed by atoms with E-state index in [-0.39, 0.29) is 36.8 Å². The first kappa shape index (κ1) is 20.0. The fourth-order valence-electron chi connectivity index (χ4n) is 2.55. The zero-order chi connectivity index (χ0) is 14.8. The zero-order valence-corrected chi connectivity index (χ0v) is 15.3. The van der Waals surface area contributed by atoms with E-state index in [1.54, 1.807) is 0 Å². The van der Waals surface area contributed by atoms with Crippen LogP contribution in [0.4, 0.5) is 0 Å². The molecule has 128 valence electrons. The summed E-state index contributed by atoms with van der Waals surface area (Å²) in [5.74, 6) is 1.73. The first-order valence-corrected chi connectivity index (χ1v) is 8.04.